The largest absolute Gasteiger partial charge is 0.298 e. The zero-order valence-electron chi connectivity index (χ0n) is 11.8. The summed E-state index contributed by atoms with van der Waals surface area (Å²) in [6.45, 7) is 4.26. The van der Waals surface area contributed by atoms with Crippen LogP contribution < -0.4 is 5.32 Å². The van der Waals surface area contributed by atoms with Gasteiger partial charge in [0.25, 0.3) is 5.91 Å². The maximum absolute atomic E-state index is 12.2. The lowest BCUT2D eigenvalue weighted by molar-refractivity contribution is 0.102. The van der Waals surface area contributed by atoms with Gasteiger partial charge >= 0.3 is 0 Å². The van der Waals surface area contributed by atoms with Gasteiger partial charge < -0.3 is 0 Å². The number of aryl methyl sites for hydroxylation is 2. The predicted molar refractivity (Wildman–Crippen MR) is 82.4 cm³/mol. The van der Waals surface area contributed by atoms with Gasteiger partial charge in [-0.05, 0) is 44.2 Å². The van der Waals surface area contributed by atoms with E-state index >= 15 is 0 Å². The zero-order chi connectivity index (χ0) is 14.1. The van der Waals surface area contributed by atoms with E-state index in [1.165, 1.54) is 17.0 Å². The van der Waals surface area contributed by atoms with Gasteiger partial charge in [-0.3, -0.25) is 10.1 Å². The molecule has 0 radical (unpaired) electrons. The minimum Gasteiger partial charge on any atom is -0.298 e. The quantitative estimate of drug-likeness (QED) is 0.911. The van der Waals surface area contributed by atoms with E-state index in [4.69, 9.17) is 0 Å². The van der Waals surface area contributed by atoms with Gasteiger partial charge in [0, 0.05) is 10.4 Å². The van der Waals surface area contributed by atoms with Crippen LogP contribution in [0.2, 0.25) is 0 Å². The van der Waals surface area contributed by atoms with Crippen molar-refractivity contribution in [3.8, 4) is 0 Å². The van der Waals surface area contributed by atoms with Crippen LogP contribution in [0.25, 0.3) is 0 Å². The number of benzene rings is 1. The molecule has 3 rings (SSSR count). The number of amides is 1. The first kappa shape index (κ1) is 13.3. The first-order valence-corrected chi connectivity index (χ1v) is 7.80. The minimum atomic E-state index is -0.0761. The number of hydrogen-bond acceptors (Lipinski definition) is 3. The van der Waals surface area contributed by atoms with Crippen LogP contribution in [0.5, 0.6) is 0 Å². The highest BCUT2D eigenvalue weighted by Crippen LogP contribution is 2.32. The average Bonchev–Trinajstić information content (AvgIpc) is 2.80. The number of nitrogens with zero attached hydrogens (tertiary/aromatic N) is 1. The molecule has 20 heavy (non-hydrogen) atoms. The molecule has 1 aliphatic carbocycles. The monoisotopic (exact) mass is 286 g/mol. The molecule has 0 aliphatic heterocycles. The van der Waals surface area contributed by atoms with Gasteiger partial charge in [0.05, 0.1) is 5.69 Å². The normalized spacial score (nSPS) is 17.6. The minimum absolute atomic E-state index is 0.0761. The number of fused-ring (bicyclic) bond motifs is 1. The van der Waals surface area contributed by atoms with Crippen LogP contribution >= 0.6 is 11.3 Å². The van der Waals surface area contributed by atoms with Crippen molar-refractivity contribution in [1.29, 1.82) is 0 Å². The molecule has 4 heteroatoms. The first-order valence-electron chi connectivity index (χ1n) is 6.98. The Morgan fingerprint density at radius 3 is 3.10 bits per heavy atom. The molecular formula is C16H18N2OS. The molecule has 1 atom stereocenters. The summed E-state index contributed by atoms with van der Waals surface area (Å²) in [5.41, 5.74) is 2.95. The highest BCUT2D eigenvalue weighted by atomic mass is 32.1. The molecule has 2 aromatic rings. The lowest BCUT2D eigenvalue weighted by Crippen LogP contribution is -2.12. The number of nitrogens with one attached hydrogen (secondary N) is 1. The van der Waals surface area contributed by atoms with Crippen molar-refractivity contribution in [2.75, 3.05) is 5.32 Å². The predicted octanol–water partition coefficient (Wildman–Crippen LogP) is 3.83. The van der Waals surface area contributed by atoms with Crippen LogP contribution in [0, 0.1) is 12.8 Å². The van der Waals surface area contributed by atoms with Crippen LogP contribution in [0.1, 0.15) is 39.8 Å². The van der Waals surface area contributed by atoms with Gasteiger partial charge in [0.15, 0.2) is 5.13 Å². The van der Waals surface area contributed by atoms with E-state index in [1.54, 1.807) is 11.3 Å². The van der Waals surface area contributed by atoms with Crippen molar-refractivity contribution in [2.45, 2.75) is 33.1 Å². The Morgan fingerprint density at radius 2 is 2.30 bits per heavy atom. The number of anilines is 1. The number of aromatic nitrogens is 1. The molecule has 104 valence electrons. The van der Waals surface area contributed by atoms with Gasteiger partial charge in [-0.2, -0.15) is 0 Å². The molecule has 1 N–H and O–H groups in total. The fraction of sp³-hybridized carbons (Fsp3) is 0.375. The average molecular weight is 286 g/mol. The fourth-order valence-corrected chi connectivity index (χ4v) is 3.72. The molecule has 1 aromatic carbocycles. The van der Waals surface area contributed by atoms with Crippen LogP contribution in [0.3, 0.4) is 0 Å². The summed E-state index contributed by atoms with van der Waals surface area (Å²) in [6.07, 6.45) is 3.32. The molecule has 1 aromatic heterocycles. The van der Waals surface area contributed by atoms with Crippen LogP contribution in [-0.2, 0) is 12.8 Å². The van der Waals surface area contributed by atoms with Gasteiger partial charge in [-0.15, -0.1) is 11.3 Å². The van der Waals surface area contributed by atoms with E-state index in [0.717, 1.165) is 29.5 Å². The Morgan fingerprint density at radius 1 is 1.45 bits per heavy atom. The van der Waals surface area contributed by atoms with E-state index in [9.17, 15) is 4.79 Å². The highest BCUT2D eigenvalue weighted by Gasteiger charge is 2.20. The standard InChI is InChI=1S/C16H18N2OS/c1-10-4-3-5-12(8-10)15(19)18-16-17-13-7-6-11(2)9-14(13)20-16/h3-5,8,11H,6-7,9H2,1-2H3,(H,17,18,19). The van der Waals surface area contributed by atoms with Crippen LogP contribution in [-0.4, -0.2) is 10.9 Å². The van der Waals surface area contributed by atoms with E-state index in [1.807, 2.05) is 31.2 Å². The molecule has 1 heterocycles. The number of rotatable bonds is 2. The molecule has 0 saturated heterocycles. The molecule has 0 spiro atoms. The van der Waals surface area contributed by atoms with Crippen LogP contribution in [0.4, 0.5) is 5.13 Å². The Labute approximate surface area is 123 Å². The number of hydrogen-bond donors (Lipinski definition) is 1. The lowest BCUT2D eigenvalue weighted by atomic mass is 9.93. The van der Waals surface area contributed by atoms with Crippen molar-refractivity contribution < 1.29 is 4.79 Å². The van der Waals surface area contributed by atoms with Gasteiger partial charge in [-0.1, -0.05) is 24.6 Å². The molecule has 1 unspecified atom stereocenters. The zero-order valence-corrected chi connectivity index (χ0v) is 12.6. The Bertz CT molecular complexity index is 648. The van der Waals surface area contributed by atoms with Crippen molar-refractivity contribution in [3.63, 3.8) is 0 Å². The maximum atomic E-state index is 12.2. The van der Waals surface area contributed by atoms with E-state index in [-0.39, 0.29) is 5.91 Å². The third kappa shape index (κ3) is 2.75. The van der Waals surface area contributed by atoms with Crippen molar-refractivity contribution >= 4 is 22.4 Å². The molecule has 0 saturated carbocycles. The molecule has 0 fully saturated rings. The summed E-state index contributed by atoms with van der Waals surface area (Å²) in [5.74, 6) is 0.649. The highest BCUT2D eigenvalue weighted by molar-refractivity contribution is 7.15. The SMILES string of the molecule is Cc1cccc(C(=O)Nc2nc3c(s2)CC(C)CC3)c1. The number of thiazole rings is 1. The molecule has 3 nitrogen and oxygen atoms in total. The fourth-order valence-electron chi connectivity index (χ4n) is 2.55. The molecule has 1 aliphatic rings. The van der Waals surface area contributed by atoms with Gasteiger partial charge in [-0.25, -0.2) is 4.98 Å². The topological polar surface area (TPSA) is 42.0 Å². The first-order chi connectivity index (χ1) is 9.61. The van der Waals surface area contributed by atoms with E-state index in [2.05, 4.69) is 17.2 Å². The van der Waals surface area contributed by atoms with E-state index < -0.39 is 0 Å². The lowest BCUT2D eigenvalue weighted by Gasteiger charge is -2.15. The number of carbonyl (C=O) groups is 1. The Balaban J connectivity index is 1.77. The summed E-state index contributed by atoms with van der Waals surface area (Å²) >= 11 is 1.62. The summed E-state index contributed by atoms with van der Waals surface area (Å²) < 4.78 is 0. The Hall–Kier alpha value is -1.68. The van der Waals surface area contributed by atoms with E-state index in [0.29, 0.717) is 5.56 Å². The Kier molecular flexibility index (Phi) is 3.57. The third-order valence-electron chi connectivity index (χ3n) is 3.69. The summed E-state index contributed by atoms with van der Waals surface area (Å²) in [4.78, 5) is 18.1. The van der Waals surface area contributed by atoms with Gasteiger partial charge in [0.2, 0.25) is 0 Å². The van der Waals surface area contributed by atoms with Gasteiger partial charge in [0.1, 0.15) is 0 Å². The molecular weight excluding hydrogens is 268 g/mol. The second-order valence-electron chi connectivity index (χ2n) is 5.56. The summed E-state index contributed by atoms with van der Waals surface area (Å²) in [6, 6.07) is 7.61. The maximum Gasteiger partial charge on any atom is 0.257 e. The number of carbonyl (C=O) groups excluding carboxylic acids is 1. The summed E-state index contributed by atoms with van der Waals surface area (Å²) in [5, 5.41) is 3.66. The third-order valence-corrected chi connectivity index (χ3v) is 4.72. The molecule has 1 amide bonds. The molecule has 0 bridgehead atoms. The second kappa shape index (κ2) is 5.37. The van der Waals surface area contributed by atoms with Crippen molar-refractivity contribution in [1.82, 2.24) is 4.98 Å². The summed E-state index contributed by atoms with van der Waals surface area (Å²) in [7, 11) is 0. The second-order valence-corrected chi connectivity index (χ2v) is 6.64. The van der Waals surface area contributed by atoms with Crippen molar-refractivity contribution in [3.05, 3.63) is 46.0 Å². The van der Waals surface area contributed by atoms with Crippen molar-refractivity contribution in [2.24, 2.45) is 5.92 Å². The smallest absolute Gasteiger partial charge is 0.257 e. The van der Waals surface area contributed by atoms with Crippen LogP contribution in [0.15, 0.2) is 24.3 Å².